The van der Waals surface area contributed by atoms with Crippen LogP contribution in [-0.2, 0) is 11.2 Å². The third-order valence-electron chi connectivity index (χ3n) is 4.35. The number of benzene rings is 1. The molecule has 1 aromatic carbocycles. The molecule has 0 heterocycles. The lowest BCUT2D eigenvalue weighted by Gasteiger charge is -2.26. The zero-order valence-electron chi connectivity index (χ0n) is 12.6. The van der Waals surface area contributed by atoms with Crippen LogP contribution >= 0.6 is 15.9 Å². The van der Waals surface area contributed by atoms with E-state index >= 15 is 0 Å². The number of rotatable bonds is 4. The van der Waals surface area contributed by atoms with Crippen molar-refractivity contribution in [2.24, 2.45) is 0 Å². The zero-order chi connectivity index (χ0) is 16.2. The molecule has 0 bridgehead atoms. The maximum absolute atomic E-state index is 12.5. The Bertz CT molecular complexity index is 575. The van der Waals surface area contributed by atoms with Crippen molar-refractivity contribution >= 4 is 21.7 Å². The van der Waals surface area contributed by atoms with E-state index in [1.165, 1.54) is 0 Å². The number of hydrogen-bond donors (Lipinski definition) is 0. The lowest BCUT2D eigenvalue weighted by Crippen LogP contribution is -2.49. The number of nitro groups is 1. The van der Waals surface area contributed by atoms with Crippen molar-refractivity contribution in [2.75, 3.05) is 7.11 Å². The third-order valence-corrected chi connectivity index (χ3v) is 5.12. The molecule has 0 saturated heterocycles. The molecular formula is C16H20BrNO4. The molecule has 0 N–H and O–H groups in total. The van der Waals surface area contributed by atoms with Gasteiger partial charge in [-0.05, 0) is 36.6 Å². The second-order valence-corrected chi connectivity index (χ2v) is 6.61. The summed E-state index contributed by atoms with van der Waals surface area (Å²) in [6, 6.07) is 5.35. The normalized spacial score (nSPS) is 22.7. The second kappa shape index (κ2) is 7.22. The molecule has 1 aliphatic carbocycles. The second-order valence-electron chi connectivity index (χ2n) is 5.76. The fraction of sp³-hybridized carbons (Fsp3) is 0.562. The molecule has 22 heavy (non-hydrogen) atoms. The van der Waals surface area contributed by atoms with Crippen LogP contribution in [-0.4, -0.2) is 23.4 Å². The molecule has 0 aliphatic heterocycles. The van der Waals surface area contributed by atoms with Crippen molar-refractivity contribution in [2.45, 2.75) is 50.5 Å². The molecule has 1 atom stereocenters. The van der Waals surface area contributed by atoms with Crippen LogP contribution in [0, 0.1) is 10.1 Å². The summed E-state index contributed by atoms with van der Waals surface area (Å²) in [7, 11) is 1.55. The molecule has 5 nitrogen and oxygen atoms in total. The van der Waals surface area contributed by atoms with Crippen LogP contribution in [0.4, 0.5) is 0 Å². The summed E-state index contributed by atoms with van der Waals surface area (Å²) in [4.78, 5) is 23.9. The van der Waals surface area contributed by atoms with Crippen molar-refractivity contribution < 1.29 is 14.5 Å². The molecule has 1 aliphatic rings. The SMILES string of the molecule is COc1ccc(Br)c(CC2([N+](=O)[O-])CCCCCCC2=O)c1. The molecule has 2 rings (SSSR count). The Hall–Kier alpha value is -1.43. The van der Waals surface area contributed by atoms with E-state index in [9.17, 15) is 14.9 Å². The Balaban J connectivity index is 2.38. The van der Waals surface area contributed by atoms with Crippen LogP contribution in [0.25, 0.3) is 0 Å². The molecule has 0 spiro atoms. The highest BCUT2D eigenvalue weighted by Gasteiger charge is 2.50. The van der Waals surface area contributed by atoms with Crippen LogP contribution in [0.2, 0.25) is 0 Å². The molecule has 6 heteroatoms. The first-order valence-electron chi connectivity index (χ1n) is 7.50. The molecule has 1 fully saturated rings. The Morgan fingerprint density at radius 3 is 2.73 bits per heavy atom. The first kappa shape index (κ1) is 16.9. The average molecular weight is 370 g/mol. The molecular weight excluding hydrogens is 350 g/mol. The van der Waals surface area contributed by atoms with Crippen LogP contribution in [0.15, 0.2) is 22.7 Å². The summed E-state index contributed by atoms with van der Waals surface area (Å²) in [6.07, 6.45) is 4.09. The molecule has 0 aromatic heterocycles. The number of carbonyl (C=O) groups excluding carboxylic acids is 1. The highest BCUT2D eigenvalue weighted by atomic mass is 79.9. The monoisotopic (exact) mass is 369 g/mol. The first-order valence-corrected chi connectivity index (χ1v) is 8.29. The highest BCUT2D eigenvalue weighted by molar-refractivity contribution is 9.10. The number of Topliss-reactive ketones (excluding diaryl/α,β-unsaturated/α-hetero) is 1. The number of hydrogen-bond acceptors (Lipinski definition) is 4. The lowest BCUT2D eigenvalue weighted by molar-refractivity contribution is -0.553. The van der Waals surface area contributed by atoms with E-state index < -0.39 is 5.54 Å². The van der Waals surface area contributed by atoms with Gasteiger partial charge in [0.2, 0.25) is 5.78 Å². The first-order chi connectivity index (χ1) is 10.5. The topological polar surface area (TPSA) is 69.4 Å². The fourth-order valence-corrected chi connectivity index (χ4v) is 3.39. The minimum Gasteiger partial charge on any atom is -0.497 e. The fourth-order valence-electron chi connectivity index (χ4n) is 3.00. The van der Waals surface area contributed by atoms with E-state index in [4.69, 9.17) is 4.74 Å². The maximum Gasteiger partial charge on any atom is 0.283 e. The number of ketones is 1. The van der Waals surface area contributed by atoms with Crippen molar-refractivity contribution in [3.63, 3.8) is 0 Å². The number of nitrogens with zero attached hydrogens (tertiary/aromatic N) is 1. The van der Waals surface area contributed by atoms with Crippen LogP contribution in [0.3, 0.4) is 0 Å². The van der Waals surface area contributed by atoms with E-state index in [1.807, 2.05) is 0 Å². The third kappa shape index (κ3) is 3.48. The minimum atomic E-state index is -1.50. The summed E-state index contributed by atoms with van der Waals surface area (Å²) in [5, 5.41) is 11.8. The Morgan fingerprint density at radius 2 is 2.05 bits per heavy atom. The van der Waals surface area contributed by atoms with E-state index in [2.05, 4.69) is 15.9 Å². The van der Waals surface area contributed by atoms with E-state index in [0.717, 1.165) is 29.3 Å². The molecule has 1 unspecified atom stereocenters. The molecule has 1 aromatic rings. The van der Waals surface area contributed by atoms with Crippen molar-refractivity contribution in [1.82, 2.24) is 0 Å². The quantitative estimate of drug-likeness (QED) is 0.595. The van der Waals surface area contributed by atoms with Gasteiger partial charge in [-0.3, -0.25) is 14.9 Å². The molecule has 1 saturated carbocycles. The number of methoxy groups -OCH3 is 1. The van der Waals surface area contributed by atoms with Crippen molar-refractivity contribution in [1.29, 1.82) is 0 Å². The predicted molar refractivity (Wildman–Crippen MR) is 86.8 cm³/mol. The number of ether oxygens (including phenoxy) is 1. The van der Waals surface area contributed by atoms with Gasteiger partial charge in [0.15, 0.2) is 0 Å². The average Bonchev–Trinajstić information content (AvgIpc) is 2.48. The Kier molecular flexibility index (Phi) is 5.56. The van der Waals surface area contributed by atoms with Gasteiger partial charge in [-0.1, -0.05) is 28.8 Å². The minimum absolute atomic E-state index is 0.108. The van der Waals surface area contributed by atoms with Crippen molar-refractivity contribution in [3.05, 3.63) is 38.3 Å². The van der Waals surface area contributed by atoms with Crippen LogP contribution in [0.5, 0.6) is 5.75 Å². The molecule has 120 valence electrons. The highest BCUT2D eigenvalue weighted by Crippen LogP contribution is 2.33. The standard InChI is InChI=1S/C16H20BrNO4/c1-22-13-7-8-14(17)12(10-13)11-16(18(20)21)9-5-3-2-4-6-15(16)19/h7-8,10H,2-6,9,11H2,1H3. The lowest BCUT2D eigenvalue weighted by atomic mass is 9.79. The van der Waals surface area contributed by atoms with E-state index in [-0.39, 0.29) is 17.1 Å². The molecule has 0 radical (unpaired) electrons. The van der Waals surface area contributed by atoms with Gasteiger partial charge in [0, 0.05) is 22.2 Å². The Morgan fingerprint density at radius 1 is 1.32 bits per heavy atom. The molecule has 0 amide bonds. The van der Waals surface area contributed by atoms with Gasteiger partial charge < -0.3 is 4.74 Å². The maximum atomic E-state index is 12.5. The van der Waals surface area contributed by atoms with Gasteiger partial charge in [0.1, 0.15) is 5.75 Å². The van der Waals surface area contributed by atoms with Crippen LogP contribution < -0.4 is 4.74 Å². The Labute approximate surface area is 138 Å². The number of carbonyl (C=O) groups is 1. The zero-order valence-corrected chi connectivity index (χ0v) is 14.2. The summed E-state index contributed by atoms with van der Waals surface area (Å²) in [5.41, 5.74) is -0.764. The summed E-state index contributed by atoms with van der Waals surface area (Å²) in [6.45, 7) is 0. The van der Waals surface area contributed by atoms with Gasteiger partial charge >= 0.3 is 0 Å². The van der Waals surface area contributed by atoms with Gasteiger partial charge in [-0.2, -0.15) is 0 Å². The van der Waals surface area contributed by atoms with Gasteiger partial charge in [0.25, 0.3) is 5.54 Å². The smallest absolute Gasteiger partial charge is 0.283 e. The van der Waals surface area contributed by atoms with Crippen molar-refractivity contribution in [3.8, 4) is 5.75 Å². The largest absolute Gasteiger partial charge is 0.497 e. The summed E-state index contributed by atoms with van der Waals surface area (Å²) < 4.78 is 5.96. The van der Waals surface area contributed by atoms with Gasteiger partial charge in [0.05, 0.1) is 13.5 Å². The number of halogens is 1. The summed E-state index contributed by atoms with van der Waals surface area (Å²) >= 11 is 3.43. The van der Waals surface area contributed by atoms with Gasteiger partial charge in [-0.25, -0.2) is 0 Å². The predicted octanol–water partition coefficient (Wildman–Crippen LogP) is 3.94. The van der Waals surface area contributed by atoms with Gasteiger partial charge in [-0.15, -0.1) is 0 Å². The van der Waals surface area contributed by atoms with E-state index in [1.54, 1.807) is 25.3 Å². The van der Waals surface area contributed by atoms with E-state index in [0.29, 0.717) is 25.0 Å². The summed E-state index contributed by atoms with van der Waals surface area (Å²) in [5.74, 6) is 0.391. The van der Waals surface area contributed by atoms with Crippen LogP contribution in [0.1, 0.15) is 44.1 Å².